The Kier molecular flexibility index (Phi) is 6.88. The molecule has 1 saturated heterocycles. The normalized spacial score (nSPS) is 22.9. The lowest BCUT2D eigenvalue weighted by molar-refractivity contribution is 0.00694. The number of allylic oxidation sites excluding steroid dienone is 1. The smallest absolute Gasteiger partial charge is 0.410 e. The van der Waals surface area contributed by atoms with E-state index >= 15 is 0 Å². The van der Waals surface area contributed by atoms with Crippen molar-refractivity contribution in [1.82, 2.24) is 9.80 Å². The van der Waals surface area contributed by atoms with E-state index in [4.69, 9.17) is 16.3 Å². The lowest BCUT2D eigenvalue weighted by Crippen LogP contribution is -2.54. The Balaban J connectivity index is 1.73. The summed E-state index contributed by atoms with van der Waals surface area (Å²) >= 11 is 6.13. The second-order valence-electron chi connectivity index (χ2n) is 10.7. The van der Waals surface area contributed by atoms with Gasteiger partial charge in [-0.3, -0.25) is 4.90 Å². The van der Waals surface area contributed by atoms with E-state index in [2.05, 4.69) is 37.8 Å². The van der Waals surface area contributed by atoms with Crippen molar-refractivity contribution in [1.29, 1.82) is 0 Å². The molecule has 1 aliphatic heterocycles. The molecule has 30 heavy (non-hydrogen) atoms. The highest BCUT2D eigenvalue weighted by molar-refractivity contribution is 6.30. The third-order valence-corrected chi connectivity index (χ3v) is 6.44. The maximum absolute atomic E-state index is 12.5. The first-order valence-electron chi connectivity index (χ1n) is 11.1. The number of nitrogens with zero attached hydrogens (tertiary/aromatic N) is 2. The number of carbonyl (C=O) groups excluding carboxylic acids is 1. The first kappa shape index (κ1) is 23.1. The summed E-state index contributed by atoms with van der Waals surface area (Å²) in [6, 6.07) is 8.60. The largest absolute Gasteiger partial charge is 0.444 e. The van der Waals surface area contributed by atoms with Gasteiger partial charge in [-0.1, -0.05) is 43.2 Å². The topological polar surface area (TPSA) is 32.8 Å². The van der Waals surface area contributed by atoms with Gasteiger partial charge in [0.25, 0.3) is 0 Å². The van der Waals surface area contributed by atoms with Crippen molar-refractivity contribution >= 4 is 23.3 Å². The molecule has 0 radical (unpaired) electrons. The minimum absolute atomic E-state index is 0.200. The van der Waals surface area contributed by atoms with E-state index < -0.39 is 5.60 Å². The van der Waals surface area contributed by atoms with Gasteiger partial charge in [-0.15, -0.1) is 0 Å². The first-order valence-corrected chi connectivity index (χ1v) is 11.5. The Morgan fingerprint density at radius 3 is 2.47 bits per heavy atom. The highest BCUT2D eigenvalue weighted by atomic mass is 35.5. The van der Waals surface area contributed by atoms with Crippen LogP contribution in [0.25, 0.3) is 5.57 Å². The fourth-order valence-corrected chi connectivity index (χ4v) is 4.56. The van der Waals surface area contributed by atoms with Crippen LogP contribution in [0.4, 0.5) is 4.79 Å². The third kappa shape index (κ3) is 6.01. The molecule has 0 unspecified atom stereocenters. The zero-order chi connectivity index (χ0) is 22.1. The van der Waals surface area contributed by atoms with Crippen molar-refractivity contribution in [3.05, 3.63) is 40.4 Å². The maximum Gasteiger partial charge on any atom is 0.410 e. The molecule has 1 aromatic carbocycles. The number of hydrogen-bond donors (Lipinski definition) is 0. The Bertz CT molecular complexity index is 792. The molecule has 0 N–H and O–H groups in total. The maximum atomic E-state index is 12.5. The summed E-state index contributed by atoms with van der Waals surface area (Å²) in [5.41, 5.74) is 4.17. The molecule has 1 amide bonds. The first-order chi connectivity index (χ1) is 13.9. The number of rotatable bonds is 3. The fraction of sp³-hybridized carbons (Fsp3) is 0.640. The number of amides is 1. The monoisotopic (exact) mass is 432 g/mol. The second kappa shape index (κ2) is 8.92. The highest BCUT2D eigenvalue weighted by Crippen LogP contribution is 2.43. The number of piperazine rings is 1. The van der Waals surface area contributed by atoms with Crippen LogP contribution in [0.3, 0.4) is 0 Å². The molecule has 3 rings (SSSR count). The van der Waals surface area contributed by atoms with Gasteiger partial charge in [0.1, 0.15) is 5.60 Å². The Hall–Kier alpha value is -1.52. The summed E-state index contributed by atoms with van der Waals surface area (Å²) in [6.07, 6.45) is 3.24. The Morgan fingerprint density at radius 2 is 1.87 bits per heavy atom. The zero-order valence-electron chi connectivity index (χ0n) is 19.4. The molecule has 1 fully saturated rings. The third-order valence-electron chi connectivity index (χ3n) is 6.19. The summed E-state index contributed by atoms with van der Waals surface area (Å²) < 4.78 is 5.57. The molecule has 5 heteroatoms. The SMILES string of the molecule is C[C@H]1CN(C(=O)OC(C)(C)C)CCN1CC1=C(c2ccc(Cl)cc2)CC(C)(C)CC1. The summed E-state index contributed by atoms with van der Waals surface area (Å²) in [7, 11) is 0. The quantitative estimate of drug-likeness (QED) is 0.566. The van der Waals surface area contributed by atoms with Gasteiger partial charge in [-0.25, -0.2) is 4.79 Å². The van der Waals surface area contributed by atoms with Crippen LogP contribution < -0.4 is 0 Å². The molecule has 1 heterocycles. The minimum Gasteiger partial charge on any atom is -0.444 e. The van der Waals surface area contributed by atoms with Crippen molar-refractivity contribution in [2.24, 2.45) is 5.41 Å². The van der Waals surface area contributed by atoms with Crippen LogP contribution in [0.15, 0.2) is 29.8 Å². The second-order valence-corrected chi connectivity index (χ2v) is 11.1. The van der Waals surface area contributed by atoms with Crippen molar-refractivity contribution < 1.29 is 9.53 Å². The van der Waals surface area contributed by atoms with E-state index in [0.29, 0.717) is 24.5 Å². The van der Waals surface area contributed by atoms with Gasteiger partial charge in [0.2, 0.25) is 0 Å². The minimum atomic E-state index is -0.454. The molecule has 1 aliphatic carbocycles. The summed E-state index contributed by atoms with van der Waals surface area (Å²) in [5.74, 6) is 0. The van der Waals surface area contributed by atoms with E-state index in [1.54, 1.807) is 0 Å². The summed E-state index contributed by atoms with van der Waals surface area (Å²) in [6.45, 7) is 16.0. The molecule has 1 atom stereocenters. The summed E-state index contributed by atoms with van der Waals surface area (Å²) in [5, 5.41) is 0.780. The standard InChI is InChI=1S/C25H37ClN2O2/c1-18-16-28(23(29)30-24(2,3)4)14-13-27(18)17-20-11-12-25(5,6)15-22(20)19-7-9-21(26)10-8-19/h7-10,18H,11-17H2,1-6H3/t18-/m0/s1. The number of hydrogen-bond acceptors (Lipinski definition) is 3. The molecule has 1 aromatic rings. The molecule has 166 valence electrons. The Morgan fingerprint density at radius 1 is 1.20 bits per heavy atom. The molecule has 0 spiro atoms. The van der Waals surface area contributed by atoms with Crippen LogP contribution in [-0.4, -0.2) is 53.7 Å². The molecular weight excluding hydrogens is 396 g/mol. The van der Waals surface area contributed by atoms with Crippen molar-refractivity contribution in [3.8, 4) is 0 Å². The average Bonchev–Trinajstić information content (AvgIpc) is 2.63. The lowest BCUT2D eigenvalue weighted by atomic mass is 9.72. The van der Waals surface area contributed by atoms with Crippen LogP contribution in [0.2, 0.25) is 5.02 Å². The number of halogens is 1. The predicted octanol–water partition coefficient (Wildman–Crippen LogP) is 6.24. The average molecular weight is 433 g/mol. The van der Waals surface area contributed by atoms with Gasteiger partial charge >= 0.3 is 6.09 Å². The van der Waals surface area contributed by atoms with Crippen LogP contribution in [-0.2, 0) is 4.74 Å². The van der Waals surface area contributed by atoms with Gasteiger partial charge in [-0.2, -0.15) is 0 Å². The van der Waals surface area contributed by atoms with Crippen LogP contribution in [0, 0.1) is 5.41 Å². The molecule has 2 aliphatic rings. The van der Waals surface area contributed by atoms with E-state index in [1.807, 2.05) is 37.8 Å². The van der Waals surface area contributed by atoms with Crippen LogP contribution >= 0.6 is 11.6 Å². The summed E-state index contributed by atoms with van der Waals surface area (Å²) in [4.78, 5) is 16.8. The lowest BCUT2D eigenvalue weighted by Gasteiger charge is -2.42. The van der Waals surface area contributed by atoms with E-state index in [9.17, 15) is 4.79 Å². The van der Waals surface area contributed by atoms with Crippen LogP contribution in [0.5, 0.6) is 0 Å². The van der Waals surface area contributed by atoms with Gasteiger partial charge < -0.3 is 9.64 Å². The molecule has 0 aromatic heterocycles. The number of benzene rings is 1. The van der Waals surface area contributed by atoms with Crippen molar-refractivity contribution in [2.75, 3.05) is 26.2 Å². The number of ether oxygens (including phenoxy) is 1. The predicted molar refractivity (Wildman–Crippen MR) is 125 cm³/mol. The van der Waals surface area contributed by atoms with Gasteiger partial charge in [0.15, 0.2) is 0 Å². The van der Waals surface area contributed by atoms with Gasteiger partial charge in [-0.05, 0) is 75.6 Å². The van der Waals surface area contributed by atoms with Gasteiger partial charge in [0.05, 0.1) is 0 Å². The number of carbonyl (C=O) groups is 1. The highest BCUT2D eigenvalue weighted by Gasteiger charge is 2.33. The molecule has 0 bridgehead atoms. The van der Waals surface area contributed by atoms with E-state index in [1.165, 1.54) is 23.1 Å². The molecule has 4 nitrogen and oxygen atoms in total. The van der Waals surface area contributed by atoms with Crippen LogP contribution in [0.1, 0.15) is 66.4 Å². The molecular formula is C25H37ClN2O2. The van der Waals surface area contributed by atoms with Crippen molar-refractivity contribution in [3.63, 3.8) is 0 Å². The van der Waals surface area contributed by atoms with Gasteiger partial charge in [0, 0.05) is 37.2 Å². The van der Waals surface area contributed by atoms with E-state index in [-0.39, 0.29) is 6.09 Å². The zero-order valence-corrected chi connectivity index (χ0v) is 20.2. The fourth-order valence-electron chi connectivity index (χ4n) is 4.43. The molecule has 0 saturated carbocycles. The van der Waals surface area contributed by atoms with E-state index in [0.717, 1.165) is 31.0 Å². The Labute approximate surface area is 187 Å². The van der Waals surface area contributed by atoms with Crippen molar-refractivity contribution in [2.45, 2.75) is 72.4 Å².